The minimum atomic E-state index is -0.592. The van der Waals surface area contributed by atoms with Crippen LogP contribution in [0, 0.1) is 6.92 Å². The van der Waals surface area contributed by atoms with Gasteiger partial charge in [-0.25, -0.2) is 9.48 Å². The van der Waals surface area contributed by atoms with Crippen LogP contribution in [0.2, 0.25) is 0 Å². The highest BCUT2D eigenvalue weighted by atomic mass is 16.6. The molecule has 3 heterocycles. The molecular formula is C26H34N4O3. The molecule has 0 radical (unpaired) electrons. The van der Waals surface area contributed by atoms with Gasteiger partial charge in [-0.15, -0.1) is 0 Å². The van der Waals surface area contributed by atoms with Crippen LogP contribution < -0.4 is 0 Å². The molecule has 0 saturated heterocycles. The van der Waals surface area contributed by atoms with Crippen molar-refractivity contribution in [3.63, 3.8) is 0 Å². The summed E-state index contributed by atoms with van der Waals surface area (Å²) in [6.07, 6.45) is 1.64. The first-order valence-electron chi connectivity index (χ1n) is 11.6. The van der Waals surface area contributed by atoms with E-state index in [1.54, 1.807) is 9.80 Å². The van der Waals surface area contributed by atoms with Crippen molar-refractivity contribution in [2.45, 2.75) is 72.1 Å². The van der Waals surface area contributed by atoms with Crippen LogP contribution in [-0.4, -0.2) is 50.3 Å². The minimum absolute atomic E-state index is 0.163. The third-order valence-electron chi connectivity index (χ3n) is 6.36. The summed E-state index contributed by atoms with van der Waals surface area (Å²) >= 11 is 0. The Morgan fingerprint density at radius 2 is 2.00 bits per heavy atom. The van der Waals surface area contributed by atoms with E-state index in [-0.39, 0.29) is 18.0 Å². The fraction of sp³-hybridized carbons (Fsp3) is 0.500. The van der Waals surface area contributed by atoms with Crippen molar-refractivity contribution < 1.29 is 14.3 Å². The van der Waals surface area contributed by atoms with Crippen molar-refractivity contribution in [3.05, 3.63) is 58.9 Å². The van der Waals surface area contributed by atoms with Gasteiger partial charge < -0.3 is 9.64 Å². The van der Waals surface area contributed by atoms with E-state index in [1.165, 1.54) is 11.6 Å². The molecule has 0 N–H and O–H groups in total. The summed E-state index contributed by atoms with van der Waals surface area (Å²) in [6.45, 7) is 17.0. The van der Waals surface area contributed by atoms with Crippen LogP contribution in [0.3, 0.4) is 0 Å². The van der Waals surface area contributed by atoms with E-state index < -0.39 is 5.60 Å². The largest absolute Gasteiger partial charge is 0.444 e. The van der Waals surface area contributed by atoms with Gasteiger partial charge in [-0.05, 0) is 56.9 Å². The Labute approximate surface area is 196 Å². The molecular weight excluding hydrogens is 416 g/mol. The summed E-state index contributed by atoms with van der Waals surface area (Å²) in [5, 5.41) is 4.96. The number of carbonyl (C=O) groups excluding carboxylic acids is 2. The van der Waals surface area contributed by atoms with Gasteiger partial charge >= 0.3 is 6.09 Å². The molecule has 4 rings (SSSR count). The topological polar surface area (TPSA) is 67.7 Å². The Balaban J connectivity index is 1.79. The first-order chi connectivity index (χ1) is 15.5. The molecule has 33 heavy (non-hydrogen) atoms. The third kappa shape index (κ3) is 4.28. The summed E-state index contributed by atoms with van der Waals surface area (Å²) < 4.78 is 7.71. The summed E-state index contributed by atoms with van der Waals surface area (Å²) in [6, 6.07) is 6.21. The number of ether oxygens (including phenoxy) is 1. The summed E-state index contributed by atoms with van der Waals surface area (Å²) in [4.78, 5) is 29.0. The second-order valence-electron chi connectivity index (χ2n) is 10.3. The number of nitrogens with zero attached hydrogens (tertiary/aromatic N) is 4. The average Bonchev–Trinajstić information content (AvgIpc) is 3.11. The lowest BCUT2D eigenvalue weighted by molar-refractivity contribution is -0.128. The van der Waals surface area contributed by atoms with Gasteiger partial charge in [-0.2, -0.15) is 5.10 Å². The van der Waals surface area contributed by atoms with Gasteiger partial charge in [0.15, 0.2) is 0 Å². The maximum atomic E-state index is 13.1. The highest BCUT2D eigenvalue weighted by Crippen LogP contribution is 2.39. The zero-order chi connectivity index (χ0) is 24.1. The zero-order valence-corrected chi connectivity index (χ0v) is 20.5. The normalized spacial score (nSPS) is 17.7. The van der Waals surface area contributed by atoms with Gasteiger partial charge in [-0.3, -0.25) is 9.69 Å². The molecule has 2 aliphatic heterocycles. The average molecular weight is 451 g/mol. The van der Waals surface area contributed by atoms with Crippen molar-refractivity contribution in [1.29, 1.82) is 0 Å². The molecule has 2 aromatic rings. The summed E-state index contributed by atoms with van der Waals surface area (Å²) in [5.41, 5.74) is 5.88. The van der Waals surface area contributed by atoms with Crippen LogP contribution in [0.25, 0.3) is 5.69 Å². The maximum Gasteiger partial charge on any atom is 0.410 e. The monoisotopic (exact) mass is 450 g/mol. The lowest BCUT2D eigenvalue weighted by Gasteiger charge is -2.41. The number of hydrogen-bond acceptors (Lipinski definition) is 4. The van der Waals surface area contributed by atoms with Crippen molar-refractivity contribution in [2.24, 2.45) is 0 Å². The number of aryl methyl sites for hydroxylation is 1. The smallest absolute Gasteiger partial charge is 0.410 e. The number of aromatic nitrogens is 2. The highest BCUT2D eigenvalue weighted by Gasteiger charge is 2.42. The van der Waals surface area contributed by atoms with E-state index >= 15 is 0 Å². The van der Waals surface area contributed by atoms with Crippen LogP contribution >= 0.6 is 0 Å². The number of rotatable bonds is 3. The van der Waals surface area contributed by atoms with Crippen LogP contribution in [0.15, 0.2) is 30.9 Å². The predicted molar refractivity (Wildman–Crippen MR) is 127 cm³/mol. The Bertz CT molecular complexity index is 1110. The molecule has 0 fully saturated rings. The van der Waals surface area contributed by atoms with Gasteiger partial charge in [-0.1, -0.05) is 32.6 Å². The molecule has 0 saturated carbocycles. The van der Waals surface area contributed by atoms with E-state index in [9.17, 15) is 9.59 Å². The molecule has 7 nitrogen and oxygen atoms in total. The number of carbonyl (C=O) groups is 2. The molecule has 0 bridgehead atoms. The number of hydrogen-bond donors (Lipinski definition) is 0. The molecule has 0 aliphatic carbocycles. The second kappa shape index (κ2) is 8.36. The molecule has 1 aromatic heterocycles. The first kappa shape index (κ1) is 23.1. The van der Waals surface area contributed by atoms with Crippen molar-refractivity contribution in [1.82, 2.24) is 19.6 Å². The van der Waals surface area contributed by atoms with E-state index in [1.807, 2.05) is 25.5 Å². The van der Waals surface area contributed by atoms with Gasteiger partial charge in [0.25, 0.3) is 0 Å². The Kier molecular flexibility index (Phi) is 5.85. The molecule has 1 atom stereocenters. The van der Waals surface area contributed by atoms with E-state index in [0.29, 0.717) is 32.0 Å². The van der Waals surface area contributed by atoms with Crippen LogP contribution in [0.4, 0.5) is 4.79 Å². The van der Waals surface area contributed by atoms with Crippen molar-refractivity contribution in [2.75, 3.05) is 13.1 Å². The fourth-order valence-electron chi connectivity index (χ4n) is 4.75. The van der Waals surface area contributed by atoms with Crippen molar-refractivity contribution >= 4 is 12.0 Å². The molecule has 1 aromatic carbocycles. The molecule has 0 spiro atoms. The molecule has 2 aliphatic rings. The zero-order valence-electron chi connectivity index (χ0n) is 20.5. The van der Waals surface area contributed by atoms with Crippen molar-refractivity contribution in [3.8, 4) is 5.69 Å². The third-order valence-corrected chi connectivity index (χ3v) is 6.36. The number of amides is 2. The Morgan fingerprint density at radius 1 is 1.27 bits per heavy atom. The lowest BCUT2D eigenvalue weighted by atomic mass is 9.92. The van der Waals surface area contributed by atoms with E-state index in [0.717, 1.165) is 28.2 Å². The van der Waals surface area contributed by atoms with Gasteiger partial charge in [0.1, 0.15) is 5.60 Å². The Hall–Kier alpha value is -3.09. The first-order valence-corrected chi connectivity index (χ1v) is 11.6. The highest BCUT2D eigenvalue weighted by molar-refractivity contribution is 5.87. The van der Waals surface area contributed by atoms with Gasteiger partial charge in [0, 0.05) is 25.1 Å². The standard InChI is InChI=1S/C26H34N4O3/c1-8-23(31)28-14-19-24-21(11-12-29(22(24)15-28)25(32)33-26(5,6)7)30(27-19)20-10-9-18(16(2)3)13-17(20)4/h8-10,13,16,22H,1,11-12,14-15H2,2-7H3. The molecule has 1 unspecified atom stereocenters. The van der Waals surface area contributed by atoms with Gasteiger partial charge in [0.2, 0.25) is 5.91 Å². The second-order valence-corrected chi connectivity index (χ2v) is 10.3. The predicted octanol–water partition coefficient (Wildman–Crippen LogP) is 4.67. The van der Waals surface area contributed by atoms with E-state index in [2.05, 4.69) is 45.5 Å². The lowest BCUT2D eigenvalue weighted by Crippen LogP contribution is -2.50. The van der Waals surface area contributed by atoms with Crippen LogP contribution in [0.1, 0.15) is 74.7 Å². The fourth-order valence-corrected chi connectivity index (χ4v) is 4.75. The molecule has 176 valence electrons. The molecule has 7 heteroatoms. The Morgan fingerprint density at radius 3 is 2.61 bits per heavy atom. The SMILES string of the molecule is C=CC(=O)N1Cc2nn(-c3ccc(C(C)C)cc3C)c3c2C(C1)N(C(=O)OC(C)(C)C)CC3. The maximum absolute atomic E-state index is 13.1. The summed E-state index contributed by atoms with van der Waals surface area (Å²) in [7, 11) is 0. The summed E-state index contributed by atoms with van der Waals surface area (Å²) in [5.74, 6) is 0.288. The molecule has 2 amide bonds. The van der Waals surface area contributed by atoms with E-state index in [4.69, 9.17) is 9.84 Å². The minimum Gasteiger partial charge on any atom is -0.444 e. The number of benzene rings is 1. The van der Waals surface area contributed by atoms with Gasteiger partial charge in [0.05, 0.1) is 29.7 Å². The quantitative estimate of drug-likeness (QED) is 0.638. The van der Waals surface area contributed by atoms with Crippen LogP contribution in [-0.2, 0) is 22.5 Å². The van der Waals surface area contributed by atoms with Crippen LogP contribution in [0.5, 0.6) is 0 Å².